The average Bonchev–Trinajstić information content (AvgIpc) is 3.55. The van der Waals surface area contributed by atoms with Crippen molar-refractivity contribution in [2.45, 2.75) is 4.90 Å². The lowest BCUT2D eigenvalue weighted by atomic mass is 10.2. The lowest BCUT2D eigenvalue weighted by molar-refractivity contribution is 0.432. The summed E-state index contributed by atoms with van der Waals surface area (Å²) in [6.07, 6.45) is 0. The number of H-pyrrole nitrogens is 3. The summed E-state index contributed by atoms with van der Waals surface area (Å²) in [4.78, 5) is 28.6. The quantitative estimate of drug-likeness (QED) is 0.251. The largest absolute Gasteiger partial charge is 0.335 e. The van der Waals surface area contributed by atoms with Crippen molar-refractivity contribution in [2.75, 3.05) is 4.72 Å². The van der Waals surface area contributed by atoms with Crippen LogP contribution < -0.4 is 10.4 Å². The SMILES string of the molecule is O=c1[nH]c2ccc(S(=O)(=O)Nc3ccc(-c4nc(-c5nc6ccc(Br)cc6[nH]5)no4)cc3)cc2[nH]1. The number of nitrogens with zero attached hydrogens (tertiary/aromatic N) is 3. The molecule has 174 valence electrons. The van der Waals surface area contributed by atoms with E-state index in [1.807, 2.05) is 18.2 Å². The topological polar surface area (TPSA) is 162 Å². The smallest absolute Gasteiger partial charge is 0.323 e. The van der Waals surface area contributed by atoms with Crippen LogP contribution >= 0.6 is 15.9 Å². The monoisotopic (exact) mass is 551 g/mol. The summed E-state index contributed by atoms with van der Waals surface area (Å²) >= 11 is 3.43. The van der Waals surface area contributed by atoms with Crippen molar-refractivity contribution in [3.8, 4) is 23.1 Å². The Kier molecular flexibility index (Phi) is 4.82. The summed E-state index contributed by atoms with van der Waals surface area (Å²) in [5.74, 6) is 1.03. The highest BCUT2D eigenvalue weighted by Gasteiger charge is 2.17. The first-order valence-corrected chi connectivity index (χ1v) is 12.5. The van der Waals surface area contributed by atoms with E-state index in [1.54, 1.807) is 24.3 Å². The number of nitrogens with one attached hydrogen (secondary N) is 4. The molecular formula is C22H14BrN7O4S. The molecule has 0 aliphatic heterocycles. The van der Waals surface area contributed by atoms with Gasteiger partial charge in [0.15, 0.2) is 5.82 Å². The van der Waals surface area contributed by atoms with Crippen molar-refractivity contribution in [1.29, 1.82) is 0 Å². The molecule has 6 rings (SSSR count). The molecule has 0 atom stereocenters. The second-order valence-corrected chi connectivity index (χ2v) is 10.2. The van der Waals surface area contributed by atoms with Crippen LogP contribution in [0.1, 0.15) is 0 Å². The van der Waals surface area contributed by atoms with Crippen LogP contribution in [0.15, 0.2) is 79.3 Å². The number of rotatable bonds is 5. The number of fused-ring (bicyclic) bond motifs is 2. The van der Waals surface area contributed by atoms with Crippen LogP contribution in [-0.4, -0.2) is 38.5 Å². The number of halogens is 1. The van der Waals surface area contributed by atoms with E-state index in [4.69, 9.17) is 4.52 Å². The van der Waals surface area contributed by atoms with Gasteiger partial charge in [-0.15, -0.1) is 0 Å². The number of hydrogen-bond donors (Lipinski definition) is 4. The molecule has 0 aliphatic rings. The third kappa shape index (κ3) is 4.00. The maximum atomic E-state index is 12.8. The average molecular weight is 552 g/mol. The highest BCUT2D eigenvalue weighted by molar-refractivity contribution is 9.10. The summed E-state index contributed by atoms with van der Waals surface area (Å²) in [6.45, 7) is 0. The minimum Gasteiger partial charge on any atom is -0.335 e. The standard InChI is InChI=1S/C22H14BrN7O4S/c23-12-3-7-15-17(9-12)25-19(24-15)20-28-21(34-29-20)11-1-4-13(5-2-11)30-35(32,33)14-6-8-16-18(10-14)27-22(31)26-16/h1-10,30H,(H,24,25)(H2,26,27,31). The first-order valence-electron chi connectivity index (χ1n) is 10.2. The van der Waals surface area contributed by atoms with Gasteiger partial charge in [0.25, 0.3) is 15.9 Å². The Hall–Kier alpha value is -4.23. The van der Waals surface area contributed by atoms with Crippen molar-refractivity contribution in [2.24, 2.45) is 0 Å². The van der Waals surface area contributed by atoms with Gasteiger partial charge in [-0.1, -0.05) is 21.1 Å². The Labute approximate surface area is 204 Å². The van der Waals surface area contributed by atoms with E-state index in [2.05, 4.69) is 50.7 Å². The Morgan fingerprint density at radius 3 is 2.49 bits per heavy atom. The van der Waals surface area contributed by atoms with Gasteiger partial charge >= 0.3 is 5.69 Å². The number of aromatic amines is 3. The van der Waals surface area contributed by atoms with E-state index in [-0.39, 0.29) is 10.8 Å². The van der Waals surface area contributed by atoms with Crippen LogP contribution in [-0.2, 0) is 10.0 Å². The molecule has 0 bridgehead atoms. The van der Waals surface area contributed by atoms with E-state index < -0.39 is 15.7 Å². The van der Waals surface area contributed by atoms with Crippen molar-refractivity contribution >= 4 is 53.7 Å². The Morgan fingerprint density at radius 2 is 1.66 bits per heavy atom. The van der Waals surface area contributed by atoms with Gasteiger partial charge in [0.2, 0.25) is 5.82 Å². The summed E-state index contributed by atoms with van der Waals surface area (Å²) in [5, 5.41) is 4.00. The number of hydrogen-bond acceptors (Lipinski definition) is 7. The fourth-order valence-electron chi connectivity index (χ4n) is 3.60. The molecule has 4 N–H and O–H groups in total. The predicted molar refractivity (Wildman–Crippen MR) is 132 cm³/mol. The molecule has 0 radical (unpaired) electrons. The van der Waals surface area contributed by atoms with Crippen molar-refractivity contribution in [3.63, 3.8) is 0 Å². The Bertz CT molecular complexity index is 1880. The van der Waals surface area contributed by atoms with E-state index in [1.165, 1.54) is 18.2 Å². The first-order chi connectivity index (χ1) is 16.8. The van der Waals surface area contributed by atoms with Crippen LogP contribution in [0.25, 0.3) is 45.2 Å². The maximum absolute atomic E-state index is 12.8. The van der Waals surface area contributed by atoms with Gasteiger partial charge in [-0.3, -0.25) is 4.72 Å². The molecule has 0 unspecified atom stereocenters. The van der Waals surface area contributed by atoms with Gasteiger partial charge in [-0.05, 0) is 60.7 Å². The van der Waals surface area contributed by atoms with E-state index >= 15 is 0 Å². The normalized spacial score (nSPS) is 11.9. The van der Waals surface area contributed by atoms with Gasteiger partial charge in [-0.2, -0.15) is 4.98 Å². The van der Waals surface area contributed by atoms with Gasteiger partial charge < -0.3 is 19.5 Å². The first kappa shape index (κ1) is 21.3. The maximum Gasteiger partial charge on any atom is 0.323 e. The minimum atomic E-state index is -3.87. The summed E-state index contributed by atoms with van der Waals surface area (Å²) in [5.41, 5.74) is 3.07. The number of anilines is 1. The summed E-state index contributed by atoms with van der Waals surface area (Å²) in [6, 6.07) is 16.5. The van der Waals surface area contributed by atoms with Crippen LogP contribution in [0.4, 0.5) is 5.69 Å². The molecule has 0 saturated carbocycles. The van der Waals surface area contributed by atoms with Gasteiger partial charge in [0.05, 0.1) is 27.0 Å². The number of sulfonamides is 1. The summed E-state index contributed by atoms with van der Waals surface area (Å²) < 4.78 is 34.4. The molecule has 3 heterocycles. The zero-order valence-corrected chi connectivity index (χ0v) is 19.9. The third-order valence-electron chi connectivity index (χ3n) is 5.26. The van der Waals surface area contributed by atoms with Gasteiger partial charge in [-0.25, -0.2) is 18.2 Å². The summed E-state index contributed by atoms with van der Waals surface area (Å²) in [7, 11) is -3.87. The highest BCUT2D eigenvalue weighted by Crippen LogP contribution is 2.26. The lowest BCUT2D eigenvalue weighted by Gasteiger charge is -2.08. The molecule has 13 heteroatoms. The Balaban J connectivity index is 1.23. The van der Waals surface area contributed by atoms with Crippen LogP contribution in [0.2, 0.25) is 0 Å². The molecule has 0 amide bonds. The fourth-order valence-corrected chi connectivity index (χ4v) is 5.04. The molecule has 35 heavy (non-hydrogen) atoms. The number of benzene rings is 3. The predicted octanol–water partition coefficient (Wildman–Crippen LogP) is 4.01. The molecule has 3 aromatic heterocycles. The van der Waals surface area contributed by atoms with Gasteiger partial charge in [0.1, 0.15) is 0 Å². The second-order valence-electron chi connectivity index (χ2n) is 7.64. The Morgan fingerprint density at radius 1 is 0.857 bits per heavy atom. The van der Waals surface area contributed by atoms with Crippen molar-refractivity contribution in [3.05, 3.63) is 75.6 Å². The molecule has 0 fully saturated rings. The number of aromatic nitrogens is 6. The van der Waals surface area contributed by atoms with E-state index in [9.17, 15) is 13.2 Å². The molecule has 3 aromatic carbocycles. The van der Waals surface area contributed by atoms with Crippen LogP contribution in [0, 0.1) is 0 Å². The van der Waals surface area contributed by atoms with E-state index in [0.717, 1.165) is 15.5 Å². The molecule has 11 nitrogen and oxygen atoms in total. The van der Waals surface area contributed by atoms with Gasteiger partial charge in [0, 0.05) is 15.7 Å². The molecule has 6 aromatic rings. The van der Waals surface area contributed by atoms with Crippen molar-refractivity contribution in [1.82, 2.24) is 30.1 Å². The molecule has 0 saturated heterocycles. The lowest BCUT2D eigenvalue weighted by Crippen LogP contribution is -2.12. The van der Waals surface area contributed by atoms with E-state index in [0.29, 0.717) is 33.9 Å². The fraction of sp³-hybridized carbons (Fsp3) is 0. The van der Waals surface area contributed by atoms with Crippen molar-refractivity contribution < 1.29 is 12.9 Å². The molecule has 0 aliphatic carbocycles. The second kappa shape index (κ2) is 7.92. The number of imidazole rings is 2. The minimum absolute atomic E-state index is 0.0173. The van der Waals surface area contributed by atoms with Crippen LogP contribution in [0.3, 0.4) is 0 Å². The third-order valence-corrected chi connectivity index (χ3v) is 7.14. The highest BCUT2D eigenvalue weighted by atomic mass is 79.9. The molecular weight excluding hydrogens is 538 g/mol. The zero-order valence-electron chi connectivity index (χ0n) is 17.5. The molecule has 0 spiro atoms. The zero-order chi connectivity index (χ0) is 24.2. The van der Waals surface area contributed by atoms with Crippen LogP contribution in [0.5, 0.6) is 0 Å².